The summed E-state index contributed by atoms with van der Waals surface area (Å²) in [6.45, 7) is 8.16. The van der Waals surface area contributed by atoms with E-state index in [0.717, 1.165) is 19.3 Å². The Bertz CT molecular complexity index is 630. The van der Waals surface area contributed by atoms with E-state index in [-0.39, 0.29) is 6.09 Å². The van der Waals surface area contributed by atoms with Crippen LogP contribution < -0.4 is 0 Å². The molecule has 0 bridgehead atoms. The second-order valence-corrected chi connectivity index (χ2v) is 8.48. The van der Waals surface area contributed by atoms with Crippen LogP contribution in [0, 0.1) is 0 Å². The van der Waals surface area contributed by atoms with Crippen molar-refractivity contribution >= 4 is 29.3 Å². The molecule has 0 spiro atoms. The highest BCUT2D eigenvalue weighted by atomic mass is 35.5. The number of carbonyl (C=O) groups excluding carboxylic acids is 1. The fourth-order valence-electron chi connectivity index (χ4n) is 3.60. The van der Waals surface area contributed by atoms with E-state index in [2.05, 4.69) is 6.92 Å². The van der Waals surface area contributed by atoms with Crippen LogP contribution in [0.5, 0.6) is 0 Å². The molecule has 1 heterocycles. The van der Waals surface area contributed by atoms with Crippen LogP contribution in [0.1, 0.15) is 65.0 Å². The van der Waals surface area contributed by atoms with Gasteiger partial charge in [0.1, 0.15) is 11.7 Å². The van der Waals surface area contributed by atoms with Crippen LogP contribution in [0.2, 0.25) is 10.0 Å². The first-order valence-corrected chi connectivity index (χ1v) is 9.50. The number of ether oxygens (including phenoxy) is 1. The van der Waals surface area contributed by atoms with E-state index in [1.165, 1.54) is 0 Å². The number of rotatable bonds is 4. The Morgan fingerprint density at radius 3 is 2.60 bits per heavy atom. The number of aliphatic hydroxyl groups excluding tert-OH is 1. The van der Waals surface area contributed by atoms with Gasteiger partial charge in [0.05, 0.1) is 15.6 Å². The molecule has 1 aliphatic rings. The van der Waals surface area contributed by atoms with E-state index >= 15 is 0 Å². The van der Waals surface area contributed by atoms with Crippen LogP contribution in [0.25, 0.3) is 0 Å². The van der Waals surface area contributed by atoms with Gasteiger partial charge in [-0.2, -0.15) is 0 Å². The fraction of sp³-hybridized carbons (Fsp3) is 0.632. The largest absolute Gasteiger partial charge is 0.444 e. The molecule has 1 saturated heterocycles. The standard InChI is InChI=1S/C19H27Cl2NO3/c1-5-9-19(16(23)13-7-8-14(20)15(21)12-13)10-6-11-22(19)17(24)25-18(2,3)4/h7-8,12,16,23H,5-6,9-11H2,1-4H3. The summed E-state index contributed by atoms with van der Waals surface area (Å²) in [4.78, 5) is 14.5. The van der Waals surface area contributed by atoms with E-state index in [1.54, 1.807) is 23.1 Å². The van der Waals surface area contributed by atoms with Crippen molar-refractivity contribution < 1.29 is 14.6 Å². The Balaban J connectivity index is 2.38. The van der Waals surface area contributed by atoms with Crippen molar-refractivity contribution in [1.82, 2.24) is 4.90 Å². The third-order valence-electron chi connectivity index (χ3n) is 4.59. The first kappa shape index (κ1) is 20.3. The van der Waals surface area contributed by atoms with Gasteiger partial charge in [-0.25, -0.2) is 4.79 Å². The Labute approximate surface area is 160 Å². The zero-order chi connectivity index (χ0) is 18.8. The number of aliphatic hydroxyl groups is 1. The van der Waals surface area contributed by atoms with E-state index < -0.39 is 17.2 Å². The van der Waals surface area contributed by atoms with E-state index in [9.17, 15) is 9.90 Å². The smallest absolute Gasteiger partial charge is 0.410 e. The van der Waals surface area contributed by atoms with Gasteiger partial charge < -0.3 is 9.84 Å². The van der Waals surface area contributed by atoms with Gasteiger partial charge in [-0.3, -0.25) is 4.90 Å². The molecule has 2 unspecified atom stereocenters. The Kier molecular flexibility index (Phi) is 6.29. The highest BCUT2D eigenvalue weighted by Crippen LogP contribution is 2.44. The van der Waals surface area contributed by atoms with Crippen molar-refractivity contribution in [2.24, 2.45) is 0 Å². The van der Waals surface area contributed by atoms with Crippen molar-refractivity contribution in [2.45, 2.75) is 70.6 Å². The minimum absolute atomic E-state index is 0.377. The van der Waals surface area contributed by atoms with Crippen LogP contribution in [-0.2, 0) is 4.74 Å². The SMILES string of the molecule is CCCC1(C(O)c2ccc(Cl)c(Cl)c2)CCCN1C(=O)OC(C)(C)C. The zero-order valence-electron chi connectivity index (χ0n) is 15.3. The molecular formula is C19H27Cl2NO3. The van der Waals surface area contributed by atoms with Crippen molar-refractivity contribution in [2.75, 3.05) is 6.54 Å². The lowest BCUT2D eigenvalue weighted by molar-refractivity contribution is -0.0376. The second-order valence-electron chi connectivity index (χ2n) is 7.67. The molecule has 4 nitrogen and oxygen atoms in total. The molecular weight excluding hydrogens is 361 g/mol. The van der Waals surface area contributed by atoms with Gasteiger partial charge in [-0.15, -0.1) is 0 Å². The van der Waals surface area contributed by atoms with E-state index in [0.29, 0.717) is 28.6 Å². The molecule has 0 radical (unpaired) electrons. The van der Waals surface area contributed by atoms with Crippen LogP contribution >= 0.6 is 23.2 Å². The fourth-order valence-corrected chi connectivity index (χ4v) is 3.90. The Hall–Kier alpha value is -0.970. The van der Waals surface area contributed by atoms with Crippen molar-refractivity contribution in [3.05, 3.63) is 33.8 Å². The highest BCUT2D eigenvalue weighted by Gasteiger charge is 2.50. The summed E-state index contributed by atoms with van der Waals surface area (Å²) in [5, 5.41) is 12.0. The Morgan fingerprint density at radius 2 is 2.04 bits per heavy atom. The molecule has 6 heteroatoms. The third-order valence-corrected chi connectivity index (χ3v) is 5.33. The predicted molar refractivity (Wildman–Crippen MR) is 101 cm³/mol. The monoisotopic (exact) mass is 387 g/mol. The number of likely N-dealkylation sites (tertiary alicyclic amines) is 1. The van der Waals surface area contributed by atoms with Crippen molar-refractivity contribution in [3.8, 4) is 0 Å². The molecule has 1 aromatic rings. The Morgan fingerprint density at radius 1 is 1.36 bits per heavy atom. The van der Waals surface area contributed by atoms with Gasteiger partial charge in [0.15, 0.2) is 0 Å². The number of carbonyl (C=O) groups is 1. The number of hydrogen-bond donors (Lipinski definition) is 1. The van der Waals surface area contributed by atoms with Gasteiger partial charge in [0.25, 0.3) is 0 Å². The van der Waals surface area contributed by atoms with Crippen LogP contribution in [0.3, 0.4) is 0 Å². The zero-order valence-corrected chi connectivity index (χ0v) is 16.8. The lowest BCUT2D eigenvalue weighted by atomic mass is 9.81. The summed E-state index contributed by atoms with van der Waals surface area (Å²) in [5.74, 6) is 0. The molecule has 1 aliphatic heterocycles. The quantitative estimate of drug-likeness (QED) is 0.731. The highest BCUT2D eigenvalue weighted by molar-refractivity contribution is 6.42. The molecule has 1 N–H and O–H groups in total. The lowest BCUT2D eigenvalue weighted by Gasteiger charge is -2.42. The number of halogens is 2. The summed E-state index contributed by atoms with van der Waals surface area (Å²) in [7, 11) is 0. The minimum Gasteiger partial charge on any atom is -0.444 e. The van der Waals surface area contributed by atoms with Crippen LogP contribution in [-0.4, -0.2) is 33.8 Å². The third kappa shape index (κ3) is 4.42. The predicted octanol–water partition coefficient (Wildman–Crippen LogP) is 5.60. The normalized spacial score (nSPS) is 22.1. The minimum atomic E-state index is -0.850. The van der Waals surface area contributed by atoms with Gasteiger partial charge in [-0.1, -0.05) is 42.6 Å². The molecule has 2 atom stereocenters. The summed E-state index contributed by atoms with van der Waals surface area (Å²) in [6.07, 6.45) is 1.86. The summed E-state index contributed by atoms with van der Waals surface area (Å²) in [6, 6.07) is 5.12. The first-order chi connectivity index (χ1) is 11.6. The maximum absolute atomic E-state index is 12.8. The number of amides is 1. The molecule has 140 valence electrons. The molecule has 1 fully saturated rings. The summed E-state index contributed by atoms with van der Waals surface area (Å²) < 4.78 is 5.58. The average molecular weight is 388 g/mol. The molecule has 2 rings (SSSR count). The van der Waals surface area contributed by atoms with Crippen molar-refractivity contribution in [3.63, 3.8) is 0 Å². The van der Waals surface area contributed by atoms with Gasteiger partial charge in [0.2, 0.25) is 0 Å². The van der Waals surface area contributed by atoms with E-state index in [1.807, 2.05) is 20.8 Å². The molecule has 0 aliphatic carbocycles. The maximum atomic E-state index is 12.8. The molecule has 25 heavy (non-hydrogen) atoms. The summed E-state index contributed by atoms with van der Waals surface area (Å²) >= 11 is 12.1. The molecule has 0 aromatic heterocycles. The average Bonchev–Trinajstić information content (AvgIpc) is 2.93. The molecule has 1 aromatic carbocycles. The first-order valence-electron chi connectivity index (χ1n) is 8.74. The number of benzene rings is 1. The number of hydrogen-bond acceptors (Lipinski definition) is 3. The van der Waals surface area contributed by atoms with Crippen LogP contribution in [0.4, 0.5) is 4.79 Å². The van der Waals surface area contributed by atoms with E-state index in [4.69, 9.17) is 27.9 Å². The van der Waals surface area contributed by atoms with Crippen LogP contribution in [0.15, 0.2) is 18.2 Å². The number of nitrogens with zero attached hydrogens (tertiary/aromatic N) is 1. The van der Waals surface area contributed by atoms with Gasteiger partial charge in [-0.05, 0) is 57.7 Å². The molecule has 1 amide bonds. The second kappa shape index (κ2) is 7.73. The topological polar surface area (TPSA) is 49.8 Å². The van der Waals surface area contributed by atoms with Crippen molar-refractivity contribution in [1.29, 1.82) is 0 Å². The molecule has 0 saturated carbocycles. The van der Waals surface area contributed by atoms with Gasteiger partial charge >= 0.3 is 6.09 Å². The summed E-state index contributed by atoms with van der Waals surface area (Å²) in [5.41, 5.74) is -0.598. The lowest BCUT2D eigenvalue weighted by Crippen LogP contribution is -2.52. The maximum Gasteiger partial charge on any atom is 0.410 e. The van der Waals surface area contributed by atoms with Gasteiger partial charge in [0, 0.05) is 6.54 Å².